The summed E-state index contributed by atoms with van der Waals surface area (Å²) in [5.41, 5.74) is 0.826. The molecule has 0 aromatic heterocycles. The molecule has 2 aliphatic rings. The SMILES string of the molecule is O=C(NCC1(c2ccccc2Cl)CCOCC1)NC1CCC(C(=O)O)CC1. The number of benzene rings is 1. The number of carbonyl (C=O) groups excluding carboxylic acids is 1. The van der Waals surface area contributed by atoms with Gasteiger partial charge in [0.05, 0.1) is 5.92 Å². The van der Waals surface area contributed by atoms with Crippen molar-refractivity contribution in [1.82, 2.24) is 10.6 Å². The zero-order valence-electron chi connectivity index (χ0n) is 15.4. The van der Waals surface area contributed by atoms with E-state index < -0.39 is 5.97 Å². The molecule has 6 nitrogen and oxygen atoms in total. The van der Waals surface area contributed by atoms with Crippen molar-refractivity contribution in [2.75, 3.05) is 19.8 Å². The number of aliphatic carboxylic acids is 1. The zero-order chi connectivity index (χ0) is 19.3. The Kier molecular flexibility index (Phi) is 6.60. The molecule has 1 aromatic rings. The summed E-state index contributed by atoms with van der Waals surface area (Å²) in [4.78, 5) is 23.5. The summed E-state index contributed by atoms with van der Waals surface area (Å²) >= 11 is 6.44. The lowest BCUT2D eigenvalue weighted by molar-refractivity contribution is -0.142. The second-order valence-corrected chi connectivity index (χ2v) is 7.99. The van der Waals surface area contributed by atoms with E-state index in [4.69, 9.17) is 21.4 Å². The molecule has 1 aromatic carbocycles. The average Bonchev–Trinajstić information content (AvgIpc) is 2.68. The van der Waals surface area contributed by atoms with Crippen molar-refractivity contribution in [2.24, 2.45) is 5.92 Å². The highest BCUT2D eigenvalue weighted by molar-refractivity contribution is 6.31. The van der Waals surface area contributed by atoms with Gasteiger partial charge >= 0.3 is 12.0 Å². The predicted molar refractivity (Wildman–Crippen MR) is 103 cm³/mol. The van der Waals surface area contributed by atoms with E-state index in [-0.39, 0.29) is 23.4 Å². The number of carbonyl (C=O) groups is 2. The van der Waals surface area contributed by atoms with Gasteiger partial charge in [-0.05, 0) is 50.2 Å². The standard InChI is InChI=1S/C20H27ClN2O4/c21-17-4-2-1-3-16(17)20(9-11-27-12-10-20)13-22-19(26)23-15-7-5-14(6-8-15)18(24)25/h1-4,14-15H,5-13H2,(H,24,25)(H2,22,23,26). The molecule has 0 bridgehead atoms. The van der Waals surface area contributed by atoms with Crippen molar-refractivity contribution in [2.45, 2.75) is 50.0 Å². The smallest absolute Gasteiger partial charge is 0.315 e. The molecule has 1 aliphatic heterocycles. The van der Waals surface area contributed by atoms with Gasteiger partial charge in [-0.2, -0.15) is 0 Å². The van der Waals surface area contributed by atoms with Gasteiger partial charge in [-0.25, -0.2) is 4.79 Å². The number of hydrogen-bond acceptors (Lipinski definition) is 3. The van der Waals surface area contributed by atoms with Crippen LogP contribution in [0, 0.1) is 5.92 Å². The lowest BCUT2D eigenvalue weighted by Gasteiger charge is -2.38. The molecular weight excluding hydrogens is 368 g/mol. The topological polar surface area (TPSA) is 87.7 Å². The summed E-state index contributed by atoms with van der Waals surface area (Å²) in [5.74, 6) is -1.02. The van der Waals surface area contributed by atoms with E-state index in [0.29, 0.717) is 50.5 Å². The zero-order valence-corrected chi connectivity index (χ0v) is 16.1. The highest BCUT2D eigenvalue weighted by atomic mass is 35.5. The highest BCUT2D eigenvalue weighted by Gasteiger charge is 2.36. The molecule has 1 saturated heterocycles. The van der Waals surface area contributed by atoms with Gasteiger partial charge in [0.15, 0.2) is 0 Å². The summed E-state index contributed by atoms with van der Waals surface area (Å²) in [6.07, 6.45) is 4.24. The first-order valence-electron chi connectivity index (χ1n) is 9.60. The lowest BCUT2D eigenvalue weighted by Crippen LogP contribution is -2.50. The summed E-state index contributed by atoms with van der Waals surface area (Å²) in [7, 11) is 0. The molecule has 2 fully saturated rings. The van der Waals surface area contributed by atoms with Gasteiger partial charge < -0.3 is 20.5 Å². The summed E-state index contributed by atoms with van der Waals surface area (Å²) in [5, 5.41) is 15.8. The molecule has 0 atom stereocenters. The van der Waals surface area contributed by atoms with E-state index in [1.54, 1.807) is 0 Å². The number of ether oxygens (including phenoxy) is 1. The molecular formula is C20H27ClN2O4. The number of rotatable bonds is 5. The maximum atomic E-state index is 12.4. The van der Waals surface area contributed by atoms with Crippen LogP contribution in [0.3, 0.4) is 0 Å². The quantitative estimate of drug-likeness (QED) is 0.714. The van der Waals surface area contributed by atoms with Gasteiger partial charge in [0, 0.05) is 36.2 Å². The van der Waals surface area contributed by atoms with Gasteiger partial charge in [0.2, 0.25) is 0 Å². The first-order chi connectivity index (χ1) is 13.0. The normalized spacial score (nSPS) is 24.8. The van der Waals surface area contributed by atoms with Gasteiger partial charge in [0.25, 0.3) is 0 Å². The molecule has 7 heteroatoms. The molecule has 0 spiro atoms. The van der Waals surface area contributed by atoms with E-state index in [9.17, 15) is 9.59 Å². The molecule has 1 saturated carbocycles. The number of carboxylic acids is 1. The van der Waals surface area contributed by atoms with E-state index in [0.717, 1.165) is 18.4 Å². The number of hydrogen-bond donors (Lipinski definition) is 3. The third-order valence-electron chi connectivity index (χ3n) is 5.89. The molecule has 3 rings (SSSR count). The molecule has 1 heterocycles. The van der Waals surface area contributed by atoms with Crippen LogP contribution in [-0.2, 0) is 14.9 Å². The van der Waals surface area contributed by atoms with Crippen molar-refractivity contribution < 1.29 is 19.4 Å². The summed E-state index contributed by atoms with van der Waals surface area (Å²) in [6, 6.07) is 7.62. The highest BCUT2D eigenvalue weighted by Crippen LogP contribution is 2.38. The largest absolute Gasteiger partial charge is 0.481 e. The van der Waals surface area contributed by atoms with Crippen molar-refractivity contribution in [3.63, 3.8) is 0 Å². The molecule has 0 radical (unpaired) electrons. The van der Waals surface area contributed by atoms with Crippen molar-refractivity contribution in [1.29, 1.82) is 0 Å². The van der Waals surface area contributed by atoms with Crippen LogP contribution in [0.5, 0.6) is 0 Å². The Labute approximate surface area is 164 Å². The van der Waals surface area contributed by atoms with Crippen LogP contribution in [0.1, 0.15) is 44.1 Å². The maximum Gasteiger partial charge on any atom is 0.315 e. The van der Waals surface area contributed by atoms with E-state index in [1.807, 2.05) is 24.3 Å². The third kappa shape index (κ3) is 4.93. The second kappa shape index (κ2) is 8.93. The minimum Gasteiger partial charge on any atom is -0.481 e. The third-order valence-corrected chi connectivity index (χ3v) is 6.22. The Morgan fingerprint density at radius 1 is 1.15 bits per heavy atom. The van der Waals surface area contributed by atoms with Crippen LogP contribution in [0.25, 0.3) is 0 Å². The fourth-order valence-electron chi connectivity index (χ4n) is 4.17. The Balaban J connectivity index is 1.57. The van der Waals surface area contributed by atoms with Crippen LogP contribution in [0.4, 0.5) is 4.79 Å². The Morgan fingerprint density at radius 2 is 1.81 bits per heavy atom. The molecule has 2 amide bonds. The van der Waals surface area contributed by atoms with E-state index in [2.05, 4.69) is 10.6 Å². The van der Waals surface area contributed by atoms with Crippen LogP contribution in [0.2, 0.25) is 5.02 Å². The van der Waals surface area contributed by atoms with Crippen molar-refractivity contribution in [3.05, 3.63) is 34.9 Å². The fourth-order valence-corrected chi connectivity index (χ4v) is 4.50. The molecule has 3 N–H and O–H groups in total. The summed E-state index contributed by atoms with van der Waals surface area (Å²) in [6.45, 7) is 1.79. The molecule has 0 unspecified atom stereocenters. The predicted octanol–water partition coefficient (Wildman–Crippen LogP) is 3.33. The first-order valence-corrected chi connectivity index (χ1v) is 9.98. The van der Waals surface area contributed by atoms with Crippen LogP contribution in [-0.4, -0.2) is 42.9 Å². The van der Waals surface area contributed by atoms with Gasteiger partial charge in [0.1, 0.15) is 0 Å². The number of urea groups is 1. The maximum absolute atomic E-state index is 12.4. The number of nitrogens with one attached hydrogen (secondary N) is 2. The van der Waals surface area contributed by atoms with Gasteiger partial charge in [-0.1, -0.05) is 29.8 Å². The molecule has 27 heavy (non-hydrogen) atoms. The number of halogens is 1. The summed E-state index contributed by atoms with van der Waals surface area (Å²) < 4.78 is 5.52. The van der Waals surface area contributed by atoms with Crippen LogP contribution >= 0.6 is 11.6 Å². The van der Waals surface area contributed by atoms with Crippen molar-refractivity contribution >= 4 is 23.6 Å². The van der Waals surface area contributed by atoms with Crippen LogP contribution < -0.4 is 10.6 Å². The first kappa shape index (κ1) is 20.0. The fraction of sp³-hybridized carbons (Fsp3) is 0.600. The van der Waals surface area contributed by atoms with Crippen molar-refractivity contribution in [3.8, 4) is 0 Å². The minimum atomic E-state index is -0.737. The molecule has 1 aliphatic carbocycles. The van der Waals surface area contributed by atoms with Gasteiger partial charge in [-0.15, -0.1) is 0 Å². The Bertz CT molecular complexity index is 668. The van der Waals surface area contributed by atoms with E-state index in [1.165, 1.54) is 0 Å². The monoisotopic (exact) mass is 394 g/mol. The lowest BCUT2D eigenvalue weighted by atomic mass is 9.74. The Morgan fingerprint density at radius 3 is 2.44 bits per heavy atom. The number of carboxylic acid groups (broad SMARTS) is 1. The Hall–Kier alpha value is -1.79. The number of amides is 2. The van der Waals surface area contributed by atoms with Crippen LogP contribution in [0.15, 0.2) is 24.3 Å². The molecule has 148 valence electrons. The minimum absolute atomic E-state index is 0.0338. The van der Waals surface area contributed by atoms with E-state index >= 15 is 0 Å². The average molecular weight is 395 g/mol. The van der Waals surface area contributed by atoms with Gasteiger partial charge in [-0.3, -0.25) is 4.79 Å². The second-order valence-electron chi connectivity index (χ2n) is 7.59.